The average Bonchev–Trinajstić information content (AvgIpc) is 3.35. The zero-order valence-electron chi connectivity index (χ0n) is 19.9. The van der Waals surface area contributed by atoms with E-state index in [1.165, 1.54) is 35.2 Å². The number of thioether (sulfide) groups is 1. The van der Waals surface area contributed by atoms with E-state index in [0.717, 1.165) is 10.5 Å². The van der Waals surface area contributed by atoms with E-state index in [9.17, 15) is 19.5 Å². The zero-order chi connectivity index (χ0) is 27.2. The number of hydrogen-bond acceptors (Lipinski definition) is 6. The number of aromatic nitrogens is 1. The lowest BCUT2D eigenvalue weighted by molar-refractivity contribution is -0.115. The van der Waals surface area contributed by atoms with E-state index < -0.39 is 17.1 Å². The Morgan fingerprint density at radius 3 is 2.47 bits per heavy atom. The maximum absolute atomic E-state index is 13.0. The van der Waals surface area contributed by atoms with Gasteiger partial charge < -0.3 is 15.7 Å². The molecule has 3 N–H and O–H groups in total. The zero-order valence-corrected chi connectivity index (χ0v) is 23.0. The first-order valence-electron chi connectivity index (χ1n) is 11.4. The highest BCUT2D eigenvalue weighted by molar-refractivity contribution is 8.00. The fourth-order valence-electron chi connectivity index (χ4n) is 3.54. The Hall–Kier alpha value is -3.37. The number of thiazole rings is 1. The second-order valence-corrected chi connectivity index (χ2v) is 11.0. The molecule has 0 spiro atoms. The number of carboxylic acid groups (broad SMARTS) is 1. The summed E-state index contributed by atoms with van der Waals surface area (Å²) in [5.74, 6) is -1.92. The molecule has 0 aliphatic rings. The minimum Gasteiger partial charge on any atom is -0.478 e. The van der Waals surface area contributed by atoms with Crippen LogP contribution in [0.25, 0.3) is 11.3 Å². The van der Waals surface area contributed by atoms with Crippen molar-refractivity contribution in [3.05, 3.63) is 93.3 Å². The van der Waals surface area contributed by atoms with Crippen LogP contribution in [0.5, 0.6) is 0 Å². The van der Waals surface area contributed by atoms with Crippen LogP contribution in [0.4, 0.5) is 10.8 Å². The van der Waals surface area contributed by atoms with Crippen LogP contribution in [0.1, 0.15) is 34.1 Å². The van der Waals surface area contributed by atoms with Crippen LogP contribution < -0.4 is 10.6 Å². The van der Waals surface area contributed by atoms with Gasteiger partial charge in [0, 0.05) is 26.5 Å². The van der Waals surface area contributed by atoms with Crippen molar-refractivity contribution in [3.63, 3.8) is 0 Å². The SMILES string of the molecule is CCC(Sc1cccc(NC(=O)c2ccccc2C(=O)O)c1)C(=O)Nc1nc(-c2ccc(Cl)cc2Cl)cs1. The first-order chi connectivity index (χ1) is 18.2. The molecule has 1 unspecified atom stereocenters. The lowest BCUT2D eigenvalue weighted by Gasteiger charge is -2.14. The molecule has 38 heavy (non-hydrogen) atoms. The summed E-state index contributed by atoms with van der Waals surface area (Å²) < 4.78 is 0. The predicted molar refractivity (Wildman–Crippen MR) is 154 cm³/mol. The van der Waals surface area contributed by atoms with Crippen LogP contribution >= 0.6 is 46.3 Å². The summed E-state index contributed by atoms with van der Waals surface area (Å²) in [5.41, 5.74) is 1.83. The highest BCUT2D eigenvalue weighted by atomic mass is 35.5. The van der Waals surface area contributed by atoms with Gasteiger partial charge in [-0.1, -0.05) is 48.3 Å². The first kappa shape index (κ1) is 27.7. The van der Waals surface area contributed by atoms with Gasteiger partial charge in [-0.05, 0) is 55.0 Å². The molecule has 0 aliphatic heterocycles. The number of carbonyl (C=O) groups excluding carboxylic acids is 2. The quantitative estimate of drug-likeness (QED) is 0.175. The molecule has 1 atom stereocenters. The number of halogens is 2. The lowest BCUT2D eigenvalue weighted by atomic mass is 10.1. The normalized spacial score (nSPS) is 11.6. The summed E-state index contributed by atoms with van der Waals surface area (Å²) >= 11 is 14.9. The molecule has 7 nitrogen and oxygen atoms in total. The van der Waals surface area contributed by atoms with Gasteiger partial charge in [0.15, 0.2) is 5.13 Å². The molecule has 0 saturated carbocycles. The molecule has 11 heteroatoms. The summed E-state index contributed by atoms with van der Waals surface area (Å²) in [4.78, 5) is 42.4. The number of anilines is 2. The number of carboxylic acids is 1. The Morgan fingerprint density at radius 1 is 1.00 bits per heavy atom. The van der Waals surface area contributed by atoms with Crippen molar-refractivity contribution in [2.45, 2.75) is 23.5 Å². The van der Waals surface area contributed by atoms with Gasteiger partial charge in [0.1, 0.15) is 0 Å². The van der Waals surface area contributed by atoms with Crippen LogP contribution in [-0.4, -0.2) is 33.1 Å². The van der Waals surface area contributed by atoms with Crippen molar-refractivity contribution in [2.75, 3.05) is 10.6 Å². The maximum atomic E-state index is 13.0. The summed E-state index contributed by atoms with van der Waals surface area (Å²) in [5, 5.41) is 17.8. The number of hydrogen-bond donors (Lipinski definition) is 3. The second-order valence-electron chi connectivity index (χ2n) is 8.00. The molecule has 0 saturated heterocycles. The molecule has 4 rings (SSSR count). The molecule has 1 heterocycles. The maximum Gasteiger partial charge on any atom is 0.336 e. The van der Waals surface area contributed by atoms with Crippen molar-refractivity contribution < 1.29 is 19.5 Å². The van der Waals surface area contributed by atoms with E-state index in [1.54, 1.807) is 48.5 Å². The lowest BCUT2D eigenvalue weighted by Crippen LogP contribution is -2.24. The highest BCUT2D eigenvalue weighted by Gasteiger charge is 2.21. The summed E-state index contributed by atoms with van der Waals surface area (Å²) in [6, 6.07) is 18.2. The van der Waals surface area contributed by atoms with Crippen LogP contribution in [-0.2, 0) is 4.79 Å². The number of amides is 2. The third-order valence-electron chi connectivity index (χ3n) is 5.38. The van der Waals surface area contributed by atoms with E-state index in [0.29, 0.717) is 33.0 Å². The number of benzene rings is 3. The van der Waals surface area contributed by atoms with Crippen molar-refractivity contribution >= 4 is 74.9 Å². The fourth-order valence-corrected chi connectivity index (χ4v) is 5.77. The van der Waals surface area contributed by atoms with Gasteiger partial charge in [-0.2, -0.15) is 0 Å². The van der Waals surface area contributed by atoms with E-state index in [4.69, 9.17) is 23.2 Å². The Bertz CT molecular complexity index is 1510. The molecule has 2 amide bonds. The van der Waals surface area contributed by atoms with E-state index in [2.05, 4.69) is 15.6 Å². The number of rotatable bonds is 9. The molecular formula is C27H21Cl2N3O4S2. The second kappa shape index (κ2) is 12.4. The minimum atomic E-state index is -1.18. The Balaban J connectivity index is 1.42. The van der Waals surface area contributed by atoms with E-state index >= 15 is 0 Å². The molecule has 0 bridgehead atoms. The van der Waals surface area contributed by atoms with Gasteiger partial charge in [-0.25, -0.2) is 9.78 Å². The molecule has 1 aromatic heterocycles. The molecular weight excluding hydrogens is 565 g/mol. The Labute approximate surface area is 237 Å². The number of aromatic carboxylic acids is 1. The highest BCUT2D eigenvalue weighted by Crippen LogP contribution is 2.33. The van der Waals surface area contributed by atoms with Crippen LogP contribution in [0.15, 0.2) is 77.0 Å². The summed E-state index contributed by atoms with van der Waals surface area (Å²) in [6.07, 6.45) is 0.556. The molecule has 4 aromatic rings. The third-order valence-corrected chi connectivity index (χ3v) is 8.04. The van der Waals surface area contributed by atoms with Crippen LogP contribution in [0, 0.1) is 0 Å². The Morgan fingerprint density at radius 2 is 1.76 bits per heavy atom. The predicted octanol–water partition coefficient (Wildman–Crippen LogP) is 7.58. The Kier molecular flexibility index (Phi) is 9.06. The molecule has 0 radical (unpaired) electrons. The average molecular weight is 587 g/mol. The number of carbonyl (C=O) groups is 3. The monoisotopic (exact) mass is 585 g/mol. The number of nitrogens with one attached hydrogen (secondary N) is 2. The topological polar surface area (TPSA) is 108 Å². The standard InChI is InChI=1S/C27H21Cl2N3O4S2/c1-2-23(25(34)32-27-31-22(14-37-27)20-11-10-15(28)12-21(20)29)38-17-7-5-6-16(13-17)30-24(33)18-8-3-4-9-19(18)26(35)36/h3-14,23H,2H2,1H3,(H,30,33)(H,35,36)(H,31,32,34). The summed E-state index contributed by atoms with van der Waals surface area (Å²) in [6.45, 7) is 1.91. The third kappa shape index (κ3) is 6.73. The molecule has 0 aliphatic carbocycles. The van der Waals surface area contributed by atoms with Gasteiger partial charge in [0.05, 0.1) is 27.1 Å². The van der Waals surface area contributed by atoms with Gasteiger partial charge in [-0.15, -0.1) is 23.1 Å². The van der Waals surface area contributed by atoms with E-state index in [-0.39, 0.29) is 17.0 Å². The first-order valence-corrected chi connectivity index (χ1v) is 13.9. The fraction of sp³-hybridized carbons (Fsp3) is 0.111. The molecule has 3 aromatic carbocycles. The van der Waals surface area contributed by atoms with E-state index in [1.807, 2.05) is 18.4 Å². The van der Waals surface area contributed by atoms with Gasteiger partial charge in [0.2, 0.25) is 5.91 Å². The van der Waals surface area contributed by atoms with Gasteiger partial charge >= 0.3 is 5.97 Å². The van der Waals surface area contributed by atoms with Crippen molar-refractivity contribution in [1.82, 2.24) is 4.98 Å². The molecule has 0 fully saturated rings. The number of nitrogens with zero attached hydrogens (tertiary/aromatic N) is 1. The summed E-state index contributed by atoms with van der Waals surface area (Å²) in [7, 11) is 0. The van der Waals surface area contributed by atoms with Crippen molar-refractivity contribution in [1.29, 1.82) is 0 Å². The van der Waals surface area contributed by atoms with Crippen molar-refractivity contribution in [3.8, 4) is 11.3 Å². The van der Waals surface area contributed by atoms with Crippen LogP contribution in [0.3, 0.4) is 0 Å². The van der Waals surface area contributed by atoms with Gasteiger partial charge in [0.25, 0.3) is 5.91 Å². The van der Waals surface area contributed by atoms with Crippen LogP contribution in [0.2, 0.25) is 10.0 Å². The smallest absolute Gasteiger partial charge is 0.336 e. The van der Waals surface area contributed by atoms with Crippen molar-refractivity contribution in [2.24, 2.45) is 0 Å². The van der Waals surface area contributed by atoms with Gasteiger partial charge in [-0.3, -0.25) is 9.59 Å². The molecule has 194 valence electrons. The largest absolute Gasteiger partial charge is 0.478 e. The minimum absolute atomic E-state index is 0.0616.